The molecule has 3 aliphatic heterocycles. The van der Waals surface area contributed by atoms with Gasteiger partial charge in [0.2, 0.25) is 5.91 Å². The average molecular weight is 575 g/mol. The highest BCUT2D eigenvalue weighted by Crippen LogP contribution is 2.32. The predicted octanol–water partition coefficient (Wildman–Crippen LogP) is -0.434. The van der Waals surface area contributed by atoms with Gasteiger partial charge < -0.3 is 40.5 Å². The summed E-state index contributed by atoms with van der Waals surface area (Å²) in [5.41, 5.74) is 6.86. The lowest BCUT2D eigenvalue weighted by Gasteiger charge is -2.37. The zero-order valence-electron chi connectivity index (χ0n) is 23.3. The van der Waals surface area contributed by atoms with Gasteiger partial charge in [0.05, 0.1) is 18.8 Å². The van der Waals surface area contributed by atoms with E-state index in [-0.39, 0.29) is 30.5 Å². The highest BCUT2D eigenvalue weighted by atomic mass is 16.6. The Morgan fingerprint density at radius 3 is 2.66 bits per heavy atom. The van der Waals surface area contributed by atoms with E-state index in [4.69, 9.17) is 15.2 Å². The van der Waals surface area contributed by atoms with Crippen LogP contribution in [-0.4, -0.2) is 115 Å². The van der Waals surface area contributed by atoms with Crippen molar-refractivity contribution in [3.63, 3.8) is 0 Å². The van der Waals surface area contributed by atoms with Gasteiger partial charge in [-0.3, -0.25) is 14.2 Å². The number of aliphatic hydroxyl groups excluding tert-OH is 2. The number of piperidine rings is 1. The van der Waals surface area contributed by atoms with Crippen molar-refractivity contribution in [1.82, 2.24) is 34.6 Å². The SMILES string of the molecule is CCNC(=O)[C@H]1O[C@@H](n2cnc3c(N)nc(CCCC4CCN(C(=O)OCC5CC(=O)N5C)CC4)nc32)C(O)[C@H]1O. The molecule has 5 heterocycles. The minimum absolute atomic E-state index is 0.0235. The molecule has 0 aromatic carbocycles. The second-order valence-electron chi connectivity index (χ2n) is 10.9. The summed E-state index contributed by atoms with van der Waals surface area (Å²) in [5, 5.41) is 23.6. The maximum absolute atomic E-state index is 12.4. The van der Waals surface area contributed by atoms with Gasteiger partial charge in [0.25, 0.3) is 5.91 Å². The third kappa shape index (κ3) is 5.92. The number of carbonyl (C=O) groups is 3. The molecule has 41 heavy (non-hydrogen) atoms. The van der Waals surface area contributed by atoms with Gasteiger partial charge in [0.1, 0.15) is 30.2 Å². The number of hydrogen-bond donors (Lipinski definition) is 4. The summed E-state index contributed by atoms with van der Waals surface area (Å²) in [6.07, 6.45) is 0.489. The molecule has 3 aliphatic rings. The number of hydrogen-bond acceptors (Lipinski definition) is 11. The number of imidazole rings is 1. The minimum atomic E-state index is -1.41. The number of aromatic nitrogens is 4. The number of rotatable bonds is 9. The molecule has 3 saturated heterocycles. The zero-order valence-corrected chi connectivity index (χ0v) is 23.3. The van der Waals surface area contributed by atoms with Crippen molar-refractivity contribution in [3.05, 3.63) is 12.2 Å². The molecule has 0 saturated carbocycles. The number of aliphatic hydroxyl groups is 2. The number of nitrogens with two attached hydrogens (primary N) is 1. The smallest absolute Gasteiger partial charge is 0.409 e. The molecule has 0 spiro atoms. The maximum Gasteiger partial charge on any atom is 0.409 e. The first kappa shape index (κ1) is 29.0. The van der Waals surface area contributed by atoms with Gasteiger partial charge in [0.15, 0.2) is 23.8 Å². The van der Waals surface area contributed by atoms with E-state index in [1.807, 2.05) is 0 Å². The topological polar surface area (TPSA) is 198 Å². The minimum Gasteiger partial charge on any atom is -0.447 e. The summed E-state index contributed by atoms with van der Waals surface area (Å²) in [7, 11) is 1.71. The van der Waals surface area contributed by atoms with E-state index in [2.05, 4.69) is 20.3 Å². The highest BCUT2D eigenvalue weighted by molar-refractivity contribution is 5.83. The van der Waals surface area contributed by atoms with Gasteiger partial charge in [-0.25, -0.2) is 19.7 Å². The molecule has 3 fully saturated rings. The molecule has 2 unspecified atom stereocenters. The lowest BCUT2D eigenvalue weighted by molar-refractivity contribution is -0.145. The second-order valence-corrected chi connectivity index (χ2v) is 10.9. The molecule has 2 aromatic rings. The molecule has 5 N–H and O–H groups in total. The van der Waals surface area contributed by atoms with Crippen LogP contribution < -0.4 is 11.1 Å². The Kier molecular flexibility index (Phi) is 8.56. The molecule has 15 nitrogen and oxygen atoms in total. The number of ether oxygens (including phenoxy) is 2. The molecule has 0 radical (unpaired) electrons. The summed E-state index contributed by atoms with van der Waals surface area (Å²) in [6.45, 7) is 3.60. The molecule has 2 aromatic heterocycles. The zero-order chi connectivity index (χ0) is 29.3. The Morgan fingerprint density at radius 2 is 1.98 bits per heavy atom. The Balaban J connectivity index is 1.13. The van der Waals surface area contributed by atoms with E-state index < -0.39 is 30.4 Å². The van der Waals surface area contributed by atoms with Crippen molar-refractivity contribution in [2.75, 3.05) is 39.0 Å². The number of aryl methyl sites for hydroxylation is 1. The Bertz CT molecular complexity index is 1280. The molecular formula is C26H38N8O7. The highest BCUT2D eigenvalue weighted by Gasteiger charge is 2.47. The van der Waals surface area contributed by atoms with Gasteiger partial charge >= 0.3 is 6.09 Å². The monoisotopic (exact) mass is 574 g/mol. The fraction of sp³-hybridized carbons (Fsp3) is 0.692. The Labute approximate surface area is 237 Å². The van der Waals surface area contributed by atoms with E-state index >= 15 is 0 Å². The van der Waals surface area contributed by atoms with Crippen molar-refractivity contribution in [3.8, 4) is 0 Å². The van der Waals surface area contributed by atoms with Gasteiger partial charge in [0, 0.05) is 33.1 Å². The van der Waals surface area contributed by atoms with Crippen LogP contribution in [0.2, 0.25) is 0 Å². The van der Waals surface area contributed by atoms with Gasteiger partial charge in [-0.05, 0) is 38.5 Å². The first-order valence-corrected chi connectivity index (χ1v) is 14.1. The molecule has 5 rings (SSSR count). The van der Waals surface area contributed by atoms with Crippen LogP contribution in [0.15, 0.2) is 6.33 Å². The van der Waals surface area contributed by atoms with E-state index in [1.54, 1.807) is 23.8 Å². The van der Waals surface area contributed by atoms with Crippen molar-refractivity contribution in [2.24, 2.45) is 5.92 Å². The predicted molar refractivity (Wildman–Crippen MR) is 144 cm³/mol. The van der Waals surface area contributed by atoms with Crippen LogP contribution >= 0.6 is 0 Å². The van der Waals surface area contributed by atoms with Crippen LogP contribution in [0.25, 0.3) is 11.2 Å². The van der Waals surface area contributed by atoms with Crippen LogP contribution in [0.1, 0.15) is 51.1 Å². The molecule has 5 atom stereocenters. The van der Waals surface area contributed by atoms with Crippen molar-refractivity contribution >= 4 is 34.9 Å². The number of amides is 3. The Morgan fingerprint density at radius 1 is 1.22 bits per heavy atom. The van der Waals surface area contributed by atoms with Gasteiger partial charge in [-0.15, -0.1) is 0 Å². The lowest BCUT2D eigenvalue weighted by atomic mass is 9.91. The molecule has 0 bridgehead atoms. The lowest BCUT2D eigenvalue weighted by Crippen LogP contribution is -2.53. The third-order valence-corrected chi connectivity index (χ3v) is 8.25. The summed E-state index contributed by atoms with van der Waals surface area (Å²) in [5.74, 6) is 0.726. The number of nitrogens with one attached hydrogen (secondary N) is 1. The molecule has 15 heteroatoms. The summed E-state index contributed by atoms with van der Waals surface area (Å²) in [4.78, 5) is 52.6. The van der Waals surface area contributed by atoms with Crippen molar-refractivity contribution in [1.29, 1.82) is 0 Å². The van der Waals surface area contributed by atoms with E-state index in [0.29, 0.717) is 55.4 Å². The average Bonchev–Trinajstić information content (AvgIpc) is 3.51. The van der Waals surface area contributed by atoms with Crippen LogP contribution in [0.5, 0.6) is 0 Å². The fourth-order valence-corrected chi connectivity index (χ4v) is 5.62. The number of nitrogen functional groups attached to an aromatic ring is 1. The molecular weight excluding hydrogens is 536 g/mol. The Hall–Kier alpha value is -3.56. The summed E-state index contributed by atoms with van der Waals surface area (Å²) in [6, 6.07) is -0.0235. The van der Waals surface area contributed by atoms with E-state index in [9.17, 15) is 24.6 Å². The quantitative estimate of drug-likeness (QED) is 0.283. The van der Waals surface area contributed by atoms with E-state index in [1.165, 1.54) is 10.9 Å². The number of likely N-dealkylation sites (N-methyl/N-ethyl adjacent to an activating group) is 2. The number of nitrogens with zero attached hydrogens (tertiary/aromatic N) is 6. The first-order valence-electron chi connectivity index (χ1n) is 14.1. The first-order chi connectivity index (χ1) is 19.7. The van der Waals surface area contributed by atoms with Crippen molar-refractivity contribution < 1.29 is 34.1 Å². The number of likely N-dealkylation sites (tertiary alicyclic amines) is 2. The summed E-state index contributed by atoms with van der Waals surface area (Å²) >= 11 is 0. The third-order valence-electron chi connectivity index (χ3n) is 8.25. The van der Waals surface area contributed by atoms with Gasteiger partial charge in [-0.1, -0.05) is 0 Å². The molecule has 3 amide bonds. The van der Waals surface area contributed by atoms with Crippen LogP contribution in [0.4, 0.5) is 10.6 Å². The van der Waals surface area contributed by atoms with E-state index in [0.717, 1.165) is 25.7 Å². The van der Waals surface area contributed by atoms with Gasteiger partial charge in [-0.2, -0.15) is 0 Å². The number of β-lactam (4-membered cyclic amide) rings is 1. The maximum atomic E-state index is 12.4. The fourth-order valence-electron chi connectivity index (χ4n) is 5.62. The van der Waals surface area contributed by atoms with Crippen LogP contribution in [0, 0.1) is 5.92 Å². The number of carbonyl (C=O) groups excluding carboxylic acids is 3. The summed E-state index contributed by atoms with van der Waals surface area (Å²) < 4.78 is 12.6. The number of fused-ring (bicyclic) bond motifs is 1. The number of anilines is 1. The van der Waals surface area contributed by atoms with Crippen LogP contribution in [0.3, 0.4) is 0 Å². The normalized spacial score (nSPS) is 26.8. The largest absolute Gasteiger partial charge is 0.447 e. The van der Waals surface area contributed by atoms with Crippen molar-refractivity contribution in [2.45, 2.75) is 76.0 Å². The standard InChI is InChI=1S/C26H38N8O7/c1-3-28-24(38)21-19(36)20(37)25(41-21)34-13-29-18-22(27)30-16(31-23(18)34)6-4-5-14-7-9-33(10-8-14)26(39)40-12-15-11-17(35)32(15)2/h13-15,19-21,25,36-37H,3-12H2,1-2H3,(H,28,38)(H2,27,30,31)/t15?,19-,20?,21+,25-/m1/s1. The molecule has 224 valence electrons. The molecule has 0 aliphatic carbocycles. The van der Waals surface area contributed by atoms with Crippen LogP contribution in [-0.2, 0) is 25.5 Å². The second kappa shape index (κ2) is 12.1.